The number of likely N-dealkylation sites (tertiary alicyclic amines) is 1. The Morgan fingerprint density at radius 3 is 2.58 bits per heavy atom. The third kappa shape index (κ3) is 3.67. The Morgan fingerprint density at radius 1 is 1.33 bits per heavy atom. The van der Waals surface area contributed by atoms with Crippen molar-refractivity contribution in [3.05, 3.63) is 12.2 Å². The number of hydrogen-bond acceptors (Lipinski definition) is 2. The third-order valence-electron chi connectivity index (χ3n) is 2.16. The van der Waals surface area contributed by atoms with Gasteiger partial charge in [-0.15, -0.1) is 0 Å². The molecule has 0 atom stereocenters. The fourth-order valence-electron chi connectivity index (χ4n) is 1.51. The van der Waals surface area contributed by atoms with E-state index in [1.807, 2.05) is 6.08 Å². The summed E-state index contributed by atoms with van der Waals surface area (Å²) in [5, 5.41) is 0. The zero-order valence-corrected chi connectivity index (χ0v) is 7.75. The molecular formula is C10H17NO. The van der Waals surface area contributed by atoms with Crippen molar-refractivity contribution in [3.63, 3.8) is 0 Å². The summed E-state index contributed by atoms with van der Waals surface area (Å²) >= 11 is 0. The maximum Gasteiger partial charge on any atom is 0.152 e. The van der Waals surface area contributed by atoms with Gasteiger partial charge in [0.15, 0.2) is 5.78 Å². The fraction of sp³-hybridized carbons (Fsp3) is 0.700. The first kappa shape index (κ1) is 9.46. The Morgan fingerprint density at radius 2 is 2.00 bits per heavy atom. The van der Waals surface area contributed by atoms with Gasteiger partial charge in [0.25, 0.3) is 0 Å². The Kier molecular flexibility index (Phi) is 4.01. The summed E-state index contributed by atoms with van der Waals surface area (Å²) in [6, 6.07) is 0. The molecule has 0 amide bonds. The monoisotopic (exact) mass is 167 g/mol. The second-order valence-electron chi connectivity index (χ2n) is 3.37. The van der Waals surface area contributed by atoms with Crippen molar-refractivity contribution in [3.8, 4) is 0 Å². The normalized spacial score (nSPS) is 20.1. The van der Waals surface area contributed by atoms with Gasteiger partial charge in [0, 0.05) is 6.54 Å². The van der Waals surface area contributed by atoms with Gasteiger partial charge in [-0.1, -0.05) is 12.5 Å². The van der Waals surface area contributed by atoms with E-state index in [0.717, 1.165) is 6.54 Å². The Balaban J connectivity index is 2.17. The van der Waals surface area contributed by atoms with Crippen molar-refractivity contribution in [2.75, 3.05) is 19.6 Å². The van der Waals surface area contributed by atoms with Crippen LogP contribution >= 0.6 is 0 Å². The fourth-order valence-corrected chi connectivity index (χ4v) is 1.51. The molecule has 12 heavy (non-hydrogen) atoms. The smallest absolute Gasteiger partial charge is 0.152 e. The second-order valence-corrected chi connectivity index (χ2v) is 3.37. The number of nitrogens with zero attached hydrogens (tertiary/aromatic N) is 1. The lowest BCUT2D eigenvalue weighted by Gasteiger charge is -2.24. The molecule has 0 saturated carbocycles. The molecule has 68 valence electrons. The van der Waals surface area contributed by atoms with Gasteiger partial charge in [-0.05, 0) is 38.9 Å². The number of carbonyl (C=O) groups excluding carboxylic acids is 1. The molecule has 0 aromatic heterocycles. The molecule has 0 aromatic rings. The van der Waals surface area contributed by atoms with Crippen LogP contribution in [0, 0.1) is 0 Å². The maximum atomic E-state index is 10.6. The molecule has 1 heterocycles. The first-order chi connectivity index (χ1) is 5.79. The lowest BCUT2D eigenvalue weighted by Crippen LogP contribution is -2.29. The lowest BCUT2D eigenvalue weighted by atomic mass is 10.1. The van der Waals surface area contributed by atoms with Crippen LogP contribution < -0.4 is 0 Å². The van der Waals surface area contributed by atoms with Crippen LogP contribution in [-0.2, 0) is 4.79 Å². The van der Waals surface area contributed by atoms with Crippen LogP contribution in [0.4, 0.5) is 0 Å². The minimum Gasteiger partial charge on any atom is -0.300 e. The van der Waals surface area contributed by atoms with Gasteiger partial charge in [0.2, 0.25) is 0 Å². The molecule has 1 saturated heterocycles. The third-order valence-corrected chi connectivity index (χ3v) is 2.16. The van der Waals surface area contributed by atoms with E-state index in [1.54, 1.807) is 13.0 Å². The van der Waals surface area contributed by atoms with E-state index in [0.29, 0.717) is 0 Å². The topological polar surface area (TPSA) is 20.3 Å². The summed E-state index contributed by atoms with van der Waals surface area (Å²) in [7, 11) is 0. The first-order valence-corrected chi connectivity index (χ1v) is 4.68. The van der Waals surface area contributed by atoms with E-state index in [2.05, 4.69) is 4.90 Å². The molecule has 0 bridgehead atoms. The number of hydrogen-bond donors (Lipinski definition) is 0. The molecular weight excluding hydrogens is 150 g/mol. The largest absolute Gasteiger partial charge is 0.300 e. The van der Waals surface area contributed by atoms with E-state index < -0.39 is 0 Å². The Bertz CT molecular complexity index is 169. The first-order valence-electron chi connectivity index (χ1n) is 4.68. The average molecular weight is 167 g/mol. The van der Waals surface area contributed by atoms with Crippen molar-refractivity contribution in [1.29, 1.82) is 0 Å². The molecule has 2 nitrogen and oxygen atoms in total. The molecule has 0 spiro atoms. The van der Waals surface area contributed by atoms with Gasteiger partial charge in [0.05, 0.1) is 0 Å². The molecule has 1 aliphatic heterocycles. The number of ketones is 1. The second kappa shape index (κ2) is 5.09. The summed E-state index contributed by atoms with van der Waals surface area (Å²) in [6.45, 7) is 4.93. The van der Waals surface area contributed by atoms with E-state index >= 15 is 0 Å². The van der Waals surface area contributed by atoms with Gasteiger partial charge in [-0.25, -0.2) is 0 Å². The molecule has 0 unspecified atom stereocenters. The van der Waals surface area contributed by atoms with Crippen LogP contribution in [0.5, 0.6) is 0 Å². The molecule has 0 radical (unpaired) electrons. The lowest BCUT2D eigenvalue weighted by molar-refractivity contribution is -0.112. The van der Waals surface area contributed by atoms with Crippen molar-refractivity contribution in [2.24, 2.45) is 0 Å². The highest BCUT2D eigenvalue weighted by Crippen LogP contribution is 2.07. The van der Waals surface area contributed by atoms with Gasteiger partial charge in [-0.3, -0.25) is 9.69 Å². The summed E-state index contributed by atoms with van der Waals surface area (Å²) in [5.74, 6) is 0.145. The molecule has 1 rings (SSSR count). The van der Waals surface area contributed by atoms with Gasteiger partial charge in [-0.2, -0.15) is 0 Å². The average Bonchev–Trinajstić information content (AvgIpc) is 2.05. The Labute approximate surface area is 74.2 Å². The Hall–Kier alpha value is -0.630. The van der Waals surface area contributed by atoms with E-state index in [1.165, 1.54) is 32.4 Å². The number of allylic oxidation sites excluding steroid dienone is 1. The zero-order chi connectivity index (χ0) is 8.81. The predicted molar refractivity (Wildman–Crippen MR) is 50.1 cm³/mol. The quantitative estimate of drug-likeness (QED) is 0.595. The minimum atomic E-state index is 0.145. The van der Waals surface area contributed by atoms with E-state index in [4.69, 9.17) is 0 Å². The number of piperidine rings is 1. The summed E-state index contributed by atoms with van der Waals surface area (Å²) in [5.41, 5.74) is 0. The van der Waals surface area contributed by atoms with Gasteiger partial charge >= 0.3 is 0 Å². The highest BCUT2D eigenvalue weighted by atomic mass is 16.1. The summed E-state index contributed by atoms with van der Waals surface area (Å²) < 4.78 is 0. The molecule has 1 fully saturated rings. The van der Waals surface area contributed by atoms with Crippen molar-refractivity contribution < 1.29 is 4.79 Å². The minimum absolute atomic E-state index is 0.145. The zero-order valence-electron chi connectivity index (χ0n) is 7.75. The SMILES string of the molecule is CC(=O)/C=C/CN1CCCCC1. The maximum absolute atomic E-state index is 10.6. The standard InChI is InChI=1S/C10H17NO/c1-10(12)6-5-9-11-7-3-2-4-8-11/h5-6H,2-4,7-9H2,1H3/b6-5+. The highest BCUT2D eigenvalue weighted by molar-refractivity contribution is 5.87. The number of carbonyl (C=O) groups is 1. The molecule has 0 aromatic carbocycles. The van der Waals surface area contributed by atoms with Crippen LogP contribution in [0.2, 0.25) is 0 Å². The molecule has 1 aliphatic rings. The van der Waals surface area contributed by atoms with E-state index in [-0.39, 0.29) is 5.78 Å². The molecule has 0 N–H and O–H groups in total. The van der Waals surface area contributed by atoms with Crippen LogP contribution in [0.15, 0.2) is 12.2 Å². The summed E-state index contributed by atoms with van der Waals surface area (Å²) in [4.78, 5) is 13.0. The van der Waals surface area contributed by atoms with Crippen LogP contribution in [0.1, 0.15) is 26.2 Å². The van der Waals surface area contributed by atoms with Gasteiger partial charge in [0.1, 0.15) is 0 Å². The molecule has 0 aliphatic carbocycles. The summed E-state index contributed by atoms with van der Waals surface area (Å²) in [6.07, 6.45) is 7.62. The van der Waals surface area contributed by atoms with E-state index in [9.17, 15) is 4.79 Å². The van der Waals surface area contributed by atoms with Crippen LogP contribution in [0.25, 0.3) is 0 Å². The van der Waals surface area contributed by atoms with Crippen LogP contribution in [0.3, 0.4) is 0 Å². The van der Waals surface area contributed by atoms with Crippen molar-refractivity contribution in [2.45, 2.75) is 26.2 Å². The highest BCUT2D eigenvalue weighted by Gasteiger charge is 2.07. The van der Waals surface area contributed by atoms with Crippen molar-refractivity contribution in [1.82, 2.24) is 4.90 Å². The number of rotatable bonds is 3. The van der Waals surface area contributed by atoms with Crippen molar-refractivity contribution >= 4 is 5.78 Å². The van der Waals surface area contributed by atoms with Crippen LogP contribution in [-0.4, -0.2) is 30.3 Å². The predicted octanol–water partition coefficient (Wildman–Crippen LogP) is 1.62. The molecule has 2 heteroatoms. The van der Waals surface area contributed by atoms with Gasteiger partial charge < -0.3 is 0 Å².